The minimum atomic E-state index is -0.396. The first-order valence-electron chi connectivity index (χ1n) is 9.62. The molecule has 4 aromatic rings. The number of nitrogens with zero attached hydrogens (tertiary/aromatic N) is 4. The van der Waals surface area contributed by atoms with Crippen molar-refractivity contribution in [3.05, 3.63) is 72.2 Å². The number of hydrogen-bond donors (Lipinski definition) is 2. The normalized spacial score (nSPS) is 11.1. The lowest BCUT2D eigenvalue weighted by Crippen LogP contribution is -2.20. The molecule has 0 aliphatic rings. The first-order chi connectivity index (χ1) is 16.1. The molecule has 0 unspecified atom stereocenters. The van der Waals surface area contributed by atoms with Crippen molar-refractivity contribution in [2.75, 3.05) is 12.9 Å². The maximum Gasteiger partial charge on any atom is 0.250 e. The molecular weight excluding hydrogens is 449 g/mol. The van der Waals surface area contributed by atoms with Crippen molar-refractivity contribution in [3.8, 4) is 28.8 Å². The number of methoxy groups -OCH3 is 1. The van der Waals surface area contributed by atoms with Gasteiger partial charge in [-0.1, -0.05) is 17.8 Å². The third-order valence-corrected chi connectivity index (χ3v) is 5.36. The molecule has 0 fully saturated rings. The molecule has 2 aromatic heterocycles. The third-order valence-electron chi connectivity index (χ3n) is 4.44. The second kappa shape index (κ2) is 10.0. The summed E-state index contributed by atoms with van der Waals surface area (Å²) in [6, 6.07) is 14.2. The van der Waals surface area contributed by atoms with Gasteiger partial charge in [-0.25, -0.2) is 9.82 Å². The summed E-state index contributed by atoms with van der Waals surface area (Å²) in [5, 5.41) is 22.7. The van der Waals surface area contributed by atoms with Gasteiger partial charge in [-0.2, -0.15) is 5.10 Å². The SMILES string of the molecule is COc1cccc(C=NNC(=O)CSc2nnc(-c3ccco3)n2-c2ccc(F)cc2)c1O. The van der Waals surface area contributed by atoms with Crippen LogP contribution in [-0.2, 0) is 4.79 Å². The van der Waals surface area contributed by atoms with E-state index in [1.54, 1.807) is 47.0 Å². The molecule has 1 amide bonds. The van der Waals surface area contributed by atoms with Crippen LogP contribution in [0.3, 0.4) is 0 Å². The number of carbonyl (C=O) groups is 1. The fourth-order valence-electron chi connectivity index (χ4n) is 2.90. The Morgan fingerprint density at radius 1 is 1.24 bits per heavy atom. The molecule has 2 aromatic carbocycles. The number of thioether (sulfide) groups is 1. The Labute approximate surface area is 191 Å². The fraction of sp³-hybridized carbons (Fsp3) is 0.0909. The number of furan rings is 1. The topological polar surface area (TPSA) is 115 Å². The monoisotopic (exact) mass is 467 g/mol. The molecule has 0 saturated heterocycles. The van der Waals surface area contributed by atoms with Gasteiger partial charge in [0.1, 0.15) is 5.82 Å². The van der Waals surface area contributed by atoms with E-state index in [0.29, 0.717) is 33.7 Å². The van der Waals surface area contributed by atoms with E-state index in [0.717, 1.165) is 11.8 Å². The van der Waals surface area contributed by atoms with E-state index in [1.807, 2.05) is 0 Å². The second-order valence-corrected chi connectivity index (χ2v) is 7.52. The summed E-state index contributed by atoms with van der Waals surface area (Å²) in [4.78, 5) is 12.3. The van der Waals surface area contributed by atoms with Crippen molar-refractivity contribution in [3.63, 3.8) is 0 Å². The van der Waals surface area contributed by atoms with E-state index in [4.69, 9.17) is 9.15 Å². The van der Waals surface area contributed by atoms with Gasteiger partial charge in [0.15, 0.2) is 22.4 Å². The van der Waals surface area contributed by atoms with Gasteiger partial charge in [-0.3, -0.25) is 9.36 Å². The lowest BCUT2D eigenvalue weighted by molar-refractivity contribution is -0.118. The number of carbonyl (C=O) groups excluding carboxylic acids is 1. The molecule has 0 saturated carbocycles. The zero-order chi connectivity index (χ0) is 23.2. The van der Waals surface area contributed by atoms with Gasteiger partial charge in [0.25, 0.3) is 5.91 Å². The third kappa shape index (κ3) is 5.04. The number of benzene rings is 2. The van der Waals surface area contributed by atoms with Crippen LogP contribution in [0.25, 0.3) is 17.3 Å². The van der Waals surface area contributed by atoms with Gasteiger partial charge in [0, 0.05) is 5.56 Å². The Hall–Kier alpha value is -4.12. The van der Waals surface area contributed by atoms with Gasteiger partial charge in [-0.15, -0.1) is 10.2 Å². The number of phenolic OH excluding ortho intramolecular Hbond substituents is 1. The molecule has 0 aliphatic heterocycles. The van der Waals surface area contributed by atoms with Crippen LogP contribution in [0.4, 0.5) is 4.39 Å². The summed E-state index contributed by atoms with van der Waals surface area (Å²) in [7, 11) is 1.44. The molecular formula is C22H18FN5O4S. The first-order valence-corrected chi connectivity index (χ1v) is 10.6. The number of amides is 1. The Morgan fingerprint density at radius 2 is 2.06 bits per heavy atom. The van der Waals surface area contributed by atoms with Gasteiger partial charge in [-0.05, 0) is 48.5 Å². The zero-order valence-corrected chi connectivity index (χ0v) is 18.1. The maximum atomic E-state index is 13.4. The van der Waals surface area contributed by atoms with Gasteiger partial charge < -0.3 is 14.3 Å². The largest absolute Gasteiger partial charge is 0.504 e. The summed E-state index contributed by atoms with van der Waals surface area (Å²) < 4.78 is 25.6. The number of hydrazone groups is 1. The highest BCUT2D eigenvalue weighted by Crippen LogP contribution is 2.29. The lowest BCUT2D eigenvalue weighted by Gasteiger charge is -2.09. The Morgan fingerprint density at radius 3 is 2.79 bits per heavy atom. The van der Waals surface area contributed by atoms with E-state index in [-0.39, 0.29) is 17.3 Å². The predicted octanol–water partition coefficient (Wildman–Crippen LogP) is 3.62. The van der Waals surface area contributed by atoms with Crippen LogP contribution < -0.4 is 10.2 Å². The first kappa shape index (κ1) is 22.1. The molecule has 11 heteroatoms. The Balaban J connectivity index is 1.47. The van der Waals surface area contributed by atoms with Crippen LogP contribution in [0.2, 0.25) is 0 Å². The minimum absolute atomic E-state index is 0.0150. The average molecular weight is 467 g/mol. The smallest absolute Gasteiger partial charge is 0.250 e. The van der Waals surface area contributed by atoms with E-state index in [9.17, 15) is 14.3 Å². The van der Waals surface area contributed by atoms with E-state index in [2.05, 4.69) is 20.7 Å². The van der Waals surface area contributed by atoms with Gasteiger partial charge in [0.2, 0.25) is 5.82 Å². The lowest BCUT2D eigenvalue weighted by atomic mass is 10.2. The molecule has 2 heterocycles. The van der Waals surface area contributed by atoms with Crippen LogP contribution in [-0.4, -0.2) is 44.9 Å². The van der Waals surface area contributed by atoms with Gasteiger partial charge in [0.05, 0.1) is 31.0 Å². The van der Waals surface area contributed by atoms with Gasteiger partial charge >= 0.3 is 0 Å². The van der Waals surface area contributed by atoms with E-state index < -0.39 is 5.91 Å². The number of hydrogen-bond acceptors (Lipinski definition) is 8. The molecule has 168 valence electrons. The molecule has 0 atom stereocenters. The number of aromatic hydroxyl groups is 1. The molecule has 2 N–H and O–H groups in total. The molecule has 0 aliphatic carbocycles. The number of para-hydroxylation sites is 1. The number of rotatable bonds is 8. The Bertz CT molecular complexity index is 1270. The van der Waals surface area contributed by atoms with Crippen molar-refractivity contribution in [2.24, 2.45) is 5.10 Å². The predicted molar refractivity (Wildman–Crippen MR) is 120 cm³/mol. The summed E-state index contributed by atoms with van der Waals surface area (Å²) in [6.45, 7) is 0. The van der Waals surface area contributed by atoms with Crippen LogP contribution in [0.5, 0.6) is 11.5 Å². The number of phenols is 1. The van der Waals surface area contributed by atoms with Crippen LogP contribution >= 0.6 is 11.8 Å². The molecule has 0 radical (unpaired) electrons. The van der Waals surface area contributed by atoms with Crippen LogP contribution in [0.1, 0.15) is 5.56 Å². The highest BCUT2D eigenvalue weighted by atomic mass is 32.2. The van der Waals surface area contributed by atoms with Crippen molar-refractivity contribution in [1.82, 2.24) is 20.2 Å². The highest BCUT2D eigenvalue weighted by molar-refractivity contribution is 7.99. The van der Waals surface area contributed by atoms with Crippen molar-refractivity contribution < 1.29 is 23.4 Å². The highest BCUT2D eigenvalue weighted by Gasteiger charge is 2.19. The second-order valence-electron chi connectivity index (χ2n) is 6.58. The van der Waals surface area contributed by atoms with Crippen molar-refractivity contribution >= 4 is 23.9 Å². The average Bonchev–Trinajstić information content (AvgIpc) is 3.49. The Kier molecular flexibility index (Phi) is 6.69. The summed E-state index contributed by atoms with van der Waals surface area (Å²) in [5.41, 5.74) is 3.40. The maximum absolute atomic E-state index is 13.4. The fourth-order valence-corrected chi connectivity index (χ4v) is 3.64. The molecule has 4 rings (SSSR count). The van der Waals surface area contributed by atoms with E-state index in [1.165, 1.54) is 31.7 Å². The summed E-state index contributed by atoms with van der Waals surface area (Å²) >= 11 is 1.13. The molecule has 9 nitrogen and oxygen atoms in total. The van der Waals surface area contributed by atoms with E-state index >= 15 is 0 Å². The number of halogens is 1. The standard InChI is InChI=1S/C22H18FN5O4S/c1-31-17-5-2-4-14(20(17)30)12-24-25-19(29)13-33-22-27-26-21(18-6-3-11-32-18)28(22)16-9-7-15(23)8-10-16/h2-12,30H,13H2,1H3,(H,25,29). The number of aromatic nitrogens is 3. The molecule has 0 spiro atoms. The van der Waals surface area contributed by atoms with Crippen molar-refractivity contribution in [2.45, 2.75) is 5.16 Å². The van der Waals surface area contributed by atoms with Crippen molar-refractivity contribution in [1.29, 1.82) is 0 Å². The molecule has 0 bridgehead atoms. The van der Waals surface area contributed by atoms with Crippen LogP contribution in [0, 0.1) is 5.82 Å². The van der Waals surface area contributed by atoms with Crippen LogP contribution in [0.15, 0.2) is 75.5 Å². The number of ether oxygens (including phenoxy) is 1. The molecule has 33 heavy (non-hydrogen) atoms. The quantitative estimate of drug-likeness (QED) is 0.231. The zero-order valence-electron chi connectivity index (χ0n) is 17.3. The number of nitrogens with one attached hydrogen (secondary N) is 1. The summed E-state index contributed by atoms with van der Waals surface area (Å²) in [5.74, 6) is 0.330. The summed E-state index contributed by atoms with van der Waals surface area (Å²) in [6.07, 6.45) is 2.83. The minimum Gasteiger partial charge on any atom is -0.504 e.